The van der Waals surface area contributed by atoms with Gasteiger partial charge < -0.3 is 15.5 Å². The van der Waals surface area contributed by atoms with Crippen molar-refractivity contribution in [3.05, 3.63) is 59.7 Å². The summed E-state index contributed by atoms with van der Waals surface area (Å²) in [5, 5.41) is 5.72. The quantitative estimate of drug-likeness (QED) is 0.808. The van der Waals surface area contributed by atoms with Crippen molar-refractivity contribution in [3.63, 3.8) is 0 Å². The van der Waals surface area contributed by atoms with Crippen LogP contribution in [0, 0.1) is 6.92 Å². The molecule has 1 saturated heterocycles. The number of nitrogens with zero attached hydrogens (tertiary/aromatic N) is 1. The second-order valence-corrected chi connectivity index (χ2v) is 7.12. The average molecular weight is 379 g/mol. The Kier molecular flexibility index (Phi) is 6.09. The second kappa shape index (κ2) is 8.69. The lowest BCUT2D eigenvalue weighted by atomic mass is 10.0. The summed E-state index contributed by atoms with van der Waals surface area (Å²) in [5.41, 5.74) is 3.42. The molecular weight excluding hydrogens is 354 g/mol. The highest BCUT2D eigenvalue weighted by Crippen LogP contribution is 2.25. The zero-order valence-electron chi connectivity index (χ0n) is 16.2. The van der Waals surface area contributed by atoms with Gasteiger partial charge in [0.05, 0.1) is 12.5 Å². The molecule has 6 nitrogen and oxygen atoms in total. The van der Waals surface area contributed by atoms with Crippen molar-refractivity contribution >= 4 is 29.1 Å². The Bertz CT molecular complexity index is 877. The van der Waals surface area contributed by atoms with Crippen LogP contribution in [0.25, 0.3) is 0 Å². The van der Waals surface area contributed by atoms with E-state index >= 15 is 0 Å². The molecule has 6 heteroatoms. The minimum atomic E-state index is -0.401. The first-order chi connectivity index (χ1) is 13.4. The number of hydrogen-bond acceptors (Lipinski definition) is 3. The second-order valence-electron chi connectivity index (χ2n) is 7.12. The van der Waals surface area contributed by atoms with Crippen LogP contribution in [0.5, 0.6) is 0 Å². The Morgan fingerprint density at radius 3 is 2.54 bits per heavy atom. The minimum absolute atomic E-state index is 0.105. The Labute approximate surface area is 164 Å². The Hall–Kier alpha value is -3.15. The lowest BCUT2D eigenvalue weighted by Crippen LogP contribution is -2.29. The average Bonchev–Trinajstić information content (AvgIpc) is 3.07. The SMILES string of the molecule is CC(=O)N[C@H](CC(=O)Nc1cccc(N2CCCC2=O)c1)c1ccc(C)cc1. The molecule has 28 heavy (non-hydrogen) atoms. The van der Waals surface area contributed by atoms with Gasteiger partial charge in [0.25, 0.3) is 0 Å². The first-order valence-electron chi connectivity index (χ1n) is 9.46. The lowest BCUT2D eigenvalue weighted by Gasteiger charge is -2.19. The van der Waals surface area contributed by atoms with Crippen LogP contribution in [0.2, 0.25) is 0 Å². The molecule has 1 heterocycles. The summed E-state index contributed by atoms with van der Waals surface area (Å²) in [6.45, 7) is 4.13. The number of nitrogens with one attached hydrogen (secondary N) is 2. The van der Waals surface area contributed by atoms with Gasteiger partial charge in [-0.15, -0.1) is 0 Å². The summed E-state index contributed by atoms with van der Waals surface area (Å²) in [5.74, 6) is -0.286. The largest absolute Gasteiger partial charge is 0.349 e. The molecule has 2 aromatic carbocycles. The Morgan fingerprint density at radius 1 is 1.14 bits per heavy atom. The molecule has 2 aromatic rings. The molecule has 0 unspecified atom stereocenters. The number of hydrogen-bond donors (Lipinski definition) is 2. The van der Waals surface area contributed by atoms with E-state index < -0.39 is 6.04 Å². The number of carbonyl (C=O) groups excluding carboxylic acids is 3. The Balaban J connectivity index is 1.69. The van der Waals surface area contributed by atoms with Gasteiger partial charge in [-0.05, 0) is 37.1 Å². The smallest absolute Gasteiger partial charge is 0.227 e. The number of aryl methyl sites for hydroxylation is 1. The summed E-state index contributed by atoms with van der Waals surface area (Å²) >= 11 is 0. The summed E-state index contributed by atoms with van der Waals surface area (Å²) in [4.78, 5) is 37.8. The molecule has 0 spiro atoms. The zero-order valence-corrected chi connectivity index (χ0v) is 16.2. The fourth-order valence-corrected chi connectivity index (χ4v) is 3.37. The summed E-state index contributed by atoms with van der Waals surface area (Å²) < 4.78 is 0. The molecule has 0 saturated carbocycles. The topological polar surface area (TPSA) is 78.5 Å². The fourth-order valence-electron chi connectivity index (χ4n) is 3.37. The van der Waals surface area contributed by atoms with Gasteiger partial charge in [0.15, 0.2) is 0 Å². The maximum atomic E-state index is 12.6. The fraction of sp³-hybridized carbons (Fsp3) is 0.318. The molecule has 146 valence electrons. The third kappa shape index (κ3) is 4.97. The standard InChI is InChI=1S/C22H25N3O3/c1-15-8-10-17(11-9-15)20(23-16(2)26)14-21(27)24-18-5-3-6-19(13-18)25-12-4-7-22(25)28/h3,5-6,8-11,13,20H,4,7,12,14H2,1-2H3,(H,23,26)(H,24,27)/t20-/m1/s1. The monoisotopic (exact) mass is 379 g/mol. The lowest BCUT2D eigenvalue weighted by molar-refractivity contribution is -0.120. The minimum Gasteiger partial charge on any atom is -0.349 e. The van der Waals surface area contributed by atoms with Crippen molar-refractivity contribution in [2.24, 2.45) is 0 Å². The van der Waals surface area contributed by atoms with Crippen LogP contribution in [0.15, 0.2) is 48.5 Å². The van der Waals surface area contributed by atoms with Crippen LogP contribution in [0.3, 0.4) is 0 Å². The molecule has 0 aromatic heterocycles. The first-order valence-corrected chi connectivity index (χ1v) is 9.46. The van der Waals surface area contributed by atoms with Gasteiger partial charge in [-0.3, -0.25) is 14.4 Å². The third-order valence-corrected chi connectivity index (χ3v) is 4.76. The van der Waals surface area contributed by atoms with E-state index in [9.17, 15) is 14.4 Å². The van der Waals surface area contributed by atoms with Crippen LogP contribution in [0.4, 0.5) is 11.4 Å². The van der Waals surface area contributed by atoms with Gasteiger partial charge in [0.1, 0.15) is 0 Å². The molecule has 1 aliphatic rings. The number of benzene rings is 2. The third-order valence-electron chi connectivity index (χ3n) is 4.76. The van der Waals surface area contributed by atoms with E-state index in [1.54, 1.807) is 17.0 Å². The van der Waals surface area contributed by atoms with E-state index in [2.05, 4.69) is 10.6 Å². The normalized spacial score (nSPS) is 14.6. The molecule has 0 radical (unpaired) electrons. The molecule has 0 bridgehead atoms. The van der Waals surface area contributed by atoms with Crippen molar-refractivity contribution < 1.29 is 14.4 Å². The van der Waals surface area contributed by atoms with Gasteiger partial charge in [-0.1, -0.05) is 35.9 Å². The van der Waals surface area contributed by atoms with Gasteiger partial charge in [0, 0.05) is 31.3 Å². The van der Waals surface area contributed by atoms with E-state index in [-0.39, 0.29) is 24.1 Å². The van der Waals surface area contributed by atoms with Gasteiger partial charge in [0.2, 0.25) is 17.7 Å². The highest BCUT2D eigenvalue weighted by atomic mass is 16.2. The number of carbonyl (C=O) groups is 3. The highest BCUT2D eigenvalue weighted by Gasteiger charge is 2.22. The van der Waals surface area contributed by atoms with Crippen molar-refractivity contribution in [2.75, 3.05) is 16.8 Å². The van der Waals surface area contributed by atoms with Crippen molar-refractivity contribution in [1.82, 2.24) is 5.32 Å². The first kappa shape index (κ1) is 19.6. The molecule has 1 fully saturated rings. The van der Waals surface area contributed by atoms with E-state index in [0.717, 1.165) is 23.2 Å². The van der Waals surface area contributed by atoms with Gasteiger partial charge in [-0.25, -0.2) is 0 Å². The molecule has 2 N–H and O–H groups in total. The van der Waals surface area contributed by atoms with Crippen molar-refractivity contribution in [2.45, 2.75) is 39.2 Å². The van der Waals surface area contributed by atoms with Crippen molar-refractivity contribution in [3.8, 4) is 0 Å². The predicted octanol–water partition coefficient (Wildman–Crippen LogP) is 3.33. The maximum Gasteiger partial charge on any atom is 0.227 e. The maximum absolute atomic E-state index is 12.6. The Morgan fingerprint density at radius 2 is 1.89 bits per heavy atom. The summed E-state index contributed by atoms with van der Waals surface area (Å²) in [6, 6.07) is 14.6. The van der Waals surface area contributed by atoms with Crippen LogP contribution < -0.4 is 15.5 Å². The summed E-state index contributed by atoms with van der Waals surface area (Å²) in [6.07, 6.45) is 1.53. The van der Waals surface area contributed by atoms with E-state index in [0.29, 0.717) is 18.7 Å². The molecule has 1 aliphatic heterocycles. The number of anilines is 2. The van der Waals surface area contributed by atoms with E-state index in [1.165, 1.54) is 6.92 Å². The van der Waals surface area contributed by atoms with Crippen molar-refractivity contribution in [1.29, 1.82) is 0 Å². The van der Waals surface area contributed by atoms with Crippen LogP contribution >= 0.6 is 0 Å². The highest BCUT2D eigenvalue weighted by molar-refractivity contribution is 5.97. The van der Waals surface area contributed by atoms with Gasteiger partial charge in [-0.2, -0.15) is 0 Å². The van der Waals surface area contributed by atoms with E-state index in [1.807, 2.05) is 43.3 Å². The van der Waals surface area contributed by atoms with Crippen LogP contribution in [-0.4, -0.2) is 24.3 Å². The molecular formula is C22H25N3O3. The predicted molar refractivity (Wildman–Crippen MR) is 109 cm³/mol. The number of amides is 3. The van der Waals surface area contributed by atoms with Crippen LogP contribution in [0.1, 0.15) is 43.4 Å². The molecule has 3 amide bonds. The summed E-state index contributed by atoms with van der Waals surface area (Å²) in [7, 11) is 0. The zero-order chi connectivity index (χ0) is 20.1. The van der Waals surface area contributed by atoms with E-state index in [4.69, 9.17) is 0 Å². The molecule has 0 aliphatic carbocycles. The molecule has 1 atom stereocenters. The van der Waals surface area contributed by atoms with Gasteiger partial charge >= 0.3 is 0 Å². The molecule has 3 rings (SSSR count). The number of rotatable bonds is 6. The van der Waals surface area contributed by atoms with Crippen LogP contribution in [-0.2, 0) is 14.4 Å².